The van der Waals surface area contributed by atoms with Gasteiger partial charge in [0.2, 0.25) is 5.91 Å². The number of amides is 1. The molecule has 1 aliphatic heterocycles. The Balaban J connectivity index is 1.50. The minimum Gasteiger partial charge on any atom is -0.340 e. The number of likely N-dealkylation sites (N-methyl/N-ethyl adjacent to an activating group) is 1. The fourth-order valence-electron chi connectivity index (χ4n) is 3.18. The second-order valence-corrected chi connectivity index (χ2v) is 7.77. The van der Waals surface area contributed by atoms with E-state index >= 15 is 0 Å². The van der Waals surface area contributed by atoms with Crippen LogP contribution in [-0.4, -0.2) is 42.4 Å². The van der Waals surface area contributed by atoms with Crippen LogP contribution in [0.25, 0.3) is 0 Å². The maximum Gasteiger partial charge on any atom is 0.236 e. The summed E-state index contributed by atoms with van der Waals surface area (Å²) in [5.41, 5.74) is 1.39. The van der Waals surface area contributed by atoms with Crippen molar-refractivity contribution in [1.29, 1.82) is 0 Å². The highest BCUT2D eigenvalue weighted by Crippen LogP contribution is 2.26. The lowest BCUT2D eigenvalue weighted by Gasteiger charge is -2.21. The van der Waals surface area contributed by atoms with Crippen LogP contribution in [0.5, 0.6) is 0 Å². The molecule has 4 heteroatoms. The number of hydrogen-bond donors (Lipinski definition) is 0. The molecule has 1 aromatic heterocycles. The molecular weight excluding hydrogens is 304 g/mol. The van der Waals surface area contributed by atoms with Gasteiger partial charge in [-0.25, -0.2) is 0 Å². The van der Waals surface area contributed by atoms with Gasteiger partial charge in [-0.1, -0.05) is 30.3 Å². The van der Waals surface area contributed by atoms with Crippen molar-refractivity contribution >= 4 is 17.2 Å². The van der Waals surface area contributed by atoms with Gasteiger partial charge >= 0.3 is 0 Å². The SMILES string of the molecule is Cc1ccc(CN(C)C(=O)CN2CC[C@@H](c3ccccc3)C2)s1. The summed E-state index contributed by atoms with van der Waals surface area (Å²) in [6, 6.07) is 14.9. The fraction of sp³-hybridized carbons (Fsp3) is 0.421. The predicted molar refractivity (Wildman–Crippen MR) is 95.8 cm³/mol. The largest absolute Gasteiger partial charge is 0.340 e. The van der Waals surface area contributed by atoms with E-state index in [0.717, 1.165) is 19.5 Å². The van der Waals surface area contributed by atoms with E-state index in [1.54, 1.807) is 11.3 Å². The molecule has 23 heavy (non-hydrogen) atoms. The van der Waals surface area contributed by atoms with Gasteiger partial charge in [0.05, 0.1) is 13.1 Å². The Hall–Kier alpha value is -1.65. The van der Waals surface area contributed by atoms with Gasteiger partial charge in [0.1, 0.15) is 0 Å². The van der Waals surface area contributed by atoms with Crippen LogP contribution in [0.1, 0.15) is 27.7 Å². The van der Waals surface area contributed by atoms with Gasteiger partial charge in [0.15, 0.2) is 0 Å². The molecule has 0 bridgehead atoms. The van der Waals surface area contributed by atoms with Gasteiger partial charge < -0.3 is 4.90 Å². The Bertz CT molecular complexity index is 652. The highest BCUT2D eigenvalue weighted by Gasteiger charge is 2.26. The first-order valence-corrected chi connectivity index (χ1v) is 9.00. The number of thiophene rings is 1. The monoisotopic (exact) mass is 328 g/mol. The van der Waals surface area contributed by atoms with E-state index in [2.05, 4.69) is 54.3 Å². The number of carbonyl (C=O) groups is 1. The summed E-state index contributed by atoms with van der Waals surface area (Å²) in [5.74, 6) is 0.777. The van der Waals surface area contributed by atoms with E-state index in [4.69, 9.17) is 0 Å². The lowest BCUT2D eigenvalue weighted by molar-refractivity contribution is -0.131. The van der Waals surface area contributed by atoms with Gasteiger partial charge in [-0.3, -0.25) is 9.69 Å². The first-order chi connectivity index (χ1) is 11.1. The fourth-order valence-corrected chi connectivity index (χ4v) is 4.12. The molecule has 3 rings (SSSR count). The first-order valence-electron chi connectivity index (χ1n) is 8.18. The Labute approximate surface area is 142 Å². The third-order valence-electron chi connectivity index (χ3n) is 4.52. The van der Waals surface area contributed by atoms with Crippen LogP contribution in [0.3, 0.4) is 0 Å². The zero-order chi connectivity index (χ0) is 16.2. The quantitative estimate of drug-likeness (QED) is 0.838. The molecule has 1 amide bonds. The Morgan fingerprint density at radius 2 is 2.04 bits per heavy atom. The number of nitrogens with zero attached hydrogens (tertiary/aromatic N) is 2. The normalized spacial score (nSPS) is 18.3. The van der Waals surface area contributed by atoms with Crippen LogP contribution in [-0.2, 0) is 11.3 Å². The average Bonchev–Trinajstić information content (AvgIpc) is 3.17. The van der Waals surface area contributed by atoms with Crippen LogP contribution < -0.4 is 0 Å². The number of rotatable bonds is 5. The summed E-state index contributed by atoms with van der Waals surface area (Å²) in [4.78, 5) is 19.1. The van der Waals surface area contributed by atoms with E-state index in [1.165, 1.54) is 15.3 Å². The van der Waals surface area contributed by atoms with Gasteiger partial charge in [-0.15, -0.1) is 11.3 Å². The number of likely N-dealkylation sites (tertiary alicyclic amines) is 1. The summed E-state index contributed by atoms with van der Waals surface area (Å²) in [6.45, 7) is 5.35. The molecule has 0 N–H and O–H groups in total. The molecule has 1 fully saturated rings. The maximum atomic E-state index is 12.4. The van der Waals surface area contributed by atoms with Crippen LogP contribution >= 0.6 is 11.3 Å². The van der Waals surface area contributed by atoms with Gasteiger partial charge in [0, 0.05) is 23.3 Å². The Kier molecular flexibility index (Phi) is 5.13. The van der Waals surface area contributed by atoms with E-state index < -0.39 is 0 Å². The average molecular weight is 328 g/mol. The molecule has 2 heterocycles. The van der Waals surface area contributed by atoms with Crippen molar-refractivity contribution in [2.24, 2.45) is 0 Å². The van der Waals surface area contributed by atoms with Crippen molar-refractivity contribution in [3.63, 3.8) is 0 Å². The summed E-state index contributed by atoms with van der Waals surface area (Å²) in [7, 11) is 1.90. The Morgan fingerprint density at radius 3 is 2.74 bits per heavy atom. The Morgan fingerprint density at radius 1 is 1.26 bits per heavy atom. The molecular formula is C19H24N2OS. The molecule has 3 nitrogen and oxygen atoms in total. The van der Waals surface area contributed by atoms with Crippen LogP contribution in [0.4, 0.5) is 0 Å². The molecule has 0 unspecified atom stereocenters. The van der Waals surface area contributed by atoms with Crippen molar-refractivity contribution in [3.8, 4) is 0 Å². The maximum absolute atomic E-state index is 12.4. The zero-order valence-corrected chi connectivity index (χ0v) is 14.7. The second-order valence-electron chi connectivity index (χ2n) is 6.39. The van der Waals surface area contributed by atoms with Crippen LogP contribution in [0.15, 0.2) is 42.5 Å². The van der Waals surface area contributed by atoms with Crippen molar-refractivity contribution in [3.05, 3.63) is 57.8 Å². The smallest absolute Gasteiger partial charge is 0.236 e. The van der Waals surface area contributed by atoms with Crippen LogP contribution in [0.2, 0.25) is 0 Å². The molecule has 0 spiro atoms. The van der Waals surface area contributed by atoms with Crippen molar-refractivity contribution in [2.75, 3.05) is 26.7 Å². The number of benzene rings is 1. The predicted octanol–water partition coefficient (Wildman–Crippen LogP) is 3.50. The molecule has 1 aromatic carbocycles. The van der Waals surface area contributed by atoms with Gasteiger partial charge in [0.25, 0.3) is 0 Å². The van der Waals surface area contributed by atoms with Crippen molar-refractivity contribution < 1.29 is 4.79 Å². The van der Waals surface area contributed by atoms with E-state index in [0.29, 0.717) is 19.0 Å². The molecule has 0 radical (unpaired) electrons. The minimum atomic E-state index is 0.213. The number of hydrogen-bond acceptors (Lipinski definition) is 3. The lowest BCUT2D eigenvalue weighted by atomic mass is 9.99. The summed E-state index contributed by atoms with van der Waals surface area (Å²) < 4.78 is 0. The molecule has 2 aromatic rings. The van der Waals surface area contributed by atoms with Crippen molar-refractivity contribution in [2.45, 2.75) is 25.8 Å². The standard InChI is InChI=1S/C19H24N2OS/c1-15-8-9-18(23-15)13-20(2)19(22)14-21-11-10-17(12-21)16-6-4-3-5-7-16/h3-9,17H,10-14H2,1-2H3/t17-/m1/s1. The van der Waals surface area contributed by atoms with Gasteiger partial charge in [-0.2, -0.15) is 0 Å². The minimum absolute atomic E-state index is 0.213. The molecule has 0 aliphatic carbocycles. The van der Waals surface area contributed by atoms with E-state index in [1.807, 2.05) is 11.9 Å². The number of carbonyl (C=O) groups excluding carboxylic acids is 1. The first kappa shape index (κ1) is 16.2. The summed E-state index contributed by atoms with van der Waals surface area (Å²) in [5, 5.41) is 0. The molecule has 122 valence electrons. The van der Waals surface area contributed by atoms with E-state index in [9.17, 15) is 4.79 Å². The molecule has 0 saturated carbocycles. The van der Waals surface area contributed by atoms with Crippen molar-refractivity contribution in [1.82, 2.24) is 9.80 Å². The zero-order valence-electron chi connectivity index (χ0n) is 13.9. The second kappa shape index (κ2) is 7.28. The summed E-state index contributed by atoms with van der Waals surface area (Å²) >= 11 is 1.77. The third-order valence-corrected chi connectivity index (χ3v) is 5.50. The summed E-state index contributed by atoms with van der Waals surface area (Å²) in [6.07, 6.45) is 1.14. The molecule has 1 aliphatic rings. The molecule has 1 atom stereocenters. The van der Waals surface area contributed by atoms with Gasteiger partial charge in [-0.05, 0) is 43.5 Å². The lowest BCUT2D eigenvalue weighted by Crippen LogP contribution is -2.36. The topological polar surface area (TPSA) is 23.6 Å². The van der Waals surface area contributed by atoms with Crippen LogP contribution in [0, 0.1) is 6.92 Å². The third kappa shape index (κ3) is 4.21. The van der Waals surface area contributed by atoms with E-state index in [-0.39, 0.29) is 5.91 Å². The highest BCUT2D eigenvalue weighted by atomic mass is 32.1. The molecule has 1 saturated heterocycles. The number of aryl methyl sites for hydroxylation is 1. The highest BCUT2D eigenvalue weighted by molar-refractivity contribution is 7.11.